The van der Waals surface area contributed by atoms with Crippen LogP contribution in [0.5, 0.6) is 0 Å². The SMILES string of the molecule is C=C1C(=O)O[C@@H]2/C=C(\C)CC/C=C(\C)C(O)C[C@@H]12. The number of esters is 1. The van der Waals surface area contributed by atoms with Gasteiger partial charge in [0.15, 0.2) is 0 Å². The molecule has 0 amide bonds. The molecule has 3 heteroatoms. The fraction of sp³-hybridized carbons (Fsp3) is 0.533. The van der Waals surface area contributed by atoms with Crippen LogP contribution in [0.2, 0.25) is 0 Å². The van der Waals surface area contributed by atoms with Crippen LogP contribution in [0.25, 0.3) is 0 Å². The summed E-state index contributed by atoms with van der Waals surface area (Å²) in [7, 11) is 0. The Morgan fingerprint density at radius 2 is 2.17 bits per heavy atom. The van der Waals surface area contributed by atoms with Gasteiger partial charge >= 0.3 is 5.97 Å². The van der Waals surface area contributed by atoms with E-state index in [9.17, 15) is 9.90 Å². The monoisotopic (exact) mass is 248 g/mol. The van der Waals surface area contributed by atoms with Gasteiger partial charge in [-0.05, 0) is 44.8 Å². The number of rotatable bonds is 0. The van der Waals surface area contributed by atoms with Crippen LogP contribution >= 0.6 is 0 Å². The summed E-state index contributed by atoms with van der Waals surface area (Å²) >= 11 is 0. The third-order valence-electron chi connectivity index (χ3n) is 3.81. The van der Waals surface area contributed by atoms with Crippen molar-refractivity contribution in [3.63, 3.8) is 0 Å². The van der Waals surface area contributed by atoms with Gasteiger partial charge in [0.1, 0.15) is 6.10 Å². The third-order valence-corrected chi connectivity index (χ3v) is 3.81. The van der Waals surface area contributed by atoms with Gasteiger partial charge < -0.3 is 9.84 Å². The molecule has 1 aliphatic heterocycles. The maximum Gasteiger partial charge on any atom is 0.334 e. The Morgan fingerprint density at radius 3 is 2.89 bits per heavy atom. The van der Waals surface area contributed by atoms with E-state index in [1.807, 2.05) is 19.9 Å². The average Bonchev–Trinajstić information content (AvgIpc) is 2.56. The van der Waals surface area contributed by atoms with Crippen LogP contribution < -0.4 is 0 Å². The first-order valence-electron chi connectivity index (χ1n) is 6.41. The van der Waals surface area contributed by atoms with E-state index in [4.69, 9.17) is 4.74 Å². The van der Waals surface area contributed by atoms with Crippen molar-refractivity contribution in [2.45, 2.75) is 45.3 Å². The van der Waals surface area contributed by atoms with Crippen LogP contribution in [-0.4, -0.2) is 23.3 Å². The number of allylic oxidation sites excluding steroid dienone is 2. The molecule has 98 valence electrons. The molecule has 0 aromatic rings. The minimum atomic E-state index is -0.518. The number of carbonyl (C=O) groups is 1. The summed E-state index contributed by atoms with van der Waals surface area (Å²) in [6, 6.07) is 0. The van der Waals surface area contributed by atoms with Crippen molar-refractivity contribution in [1.29, 1.82) is 0 Å². The molecule has 0 spiro atoms. The van der Waals surface area contributed by atoms with Crippen LogP contribution in [0.4, 0.5) is 0 Å². The summed E-state index contributed by atoms with van der Waals surface area (Å²) in [6.07, 6.45) is 5.64. The van der Waals surface area contributed by atoms with Gasteiger partial charge in [0.25, 0.3) is 0 Å². The van der Waals surface area contributed by atoms with Gasteiger partial charge in [0.05, 0.1) is 6.10 Å². The summed E-state index contributed by atoms with van der Waals surface area (Å²) < 4.78 is 5.32. The Bertz CT molecular complexity index is 431. The van der Waals surface area contributed by atoms with E-state index < -0.39 is 6.10 Å². The van der Waals surface area contributed by atoms with E-state index in [2.05, 4.69) is 12.7 Å². The molecule has 2 rings (SSSR count). The van der Waals surface area contributed by atoms with Gasteiger partial charge in [-0.2, -0.15) is 0 Å². The molecule has 0 saturated carbocycles. The lowest BCUT2D eigenvalue weighted by Crippen LogP contribution is -2.22. The van der Waals surface area contributed by atoms with Crippen molar-refractivity contribution in [3.05, 3.63) is 35.5 Å². The van der Waals surface area contributed by atoms with Crippen molar-refractivity contribution >= 4 is 5.97 Å². The molecule has 1 aliphatic carbocycles. The van der Waals surface area contributed by atoms with E-state index in [1.54, 1.807) is 0 Å². The first kappa shape index (κ1) is 13.1. The summed E-state index contributed by atoms with van der Waals surface area (Å²) in [4.78, 5) is 11.6. The van der Waals surface area contributed by atoms with Crippen molar-refractivity contribution in [2.75, 3.05) is 0 Å². The molecule has 0 bridgehead atoms. The predicted octanol–water partition coefficient (Wildman–Crippen LogP) is 2.52. The minimum Gasteiger partial charge on any atom is -0.454 e. The van der Waals surface area contributed by atoms with Crippen LogP contribution in [0.15, 0.2) is 35.5 Å². The molecular formula is C15H20O3. The molecule has 1 heterocycles. The predicted molar refractivity (Wildman–Crippen MR) is 69.9 cm³/mol. The highest BCUT2D eigenvalue weighted by molar-refractivity contribution is 5.91. The molecule has 0 radical (unpaired) electrons. The molecule has 1 saturated heterocycles. The largest absolute Gasteiger partial charge is 0.454 e. The number of carbonyl (C=O) groups excluding carboxylic acids is 1. The number of aliphatic hydroxyl groups is 1. The molecule has 3 nitrogen and oxygen atoms in total. The quantitative estimate of drug-likeness (QED) is 0.407. The second-order valence-electron chi connectivity index (χ2n) is 5.25. The highest BCUT2D eigenvalue weighted by Crippen LogP contribution is 2.34. The smallest absolute Gasteiger partial charge is 0.334 e. The van der Waals surface area contributed by atoms with Gasteiger partial charge in [0.2, 0.25) is 0 Å². The lowest BCUT2D eigenvalue weighted by Gasteiger charge is -2.21. The van der Waals surface area contributed by atoms with Crippen molar-refractivity contribution in [2.24, 2.45) is 5.92 Å². The Hall–Kier alpha value is -1.35. The summed E-state index contributed by atoms with van der Waals surface area (Å²) in [5.74, 6) is -0.439. The minimum absolute atomic E-state index is 0.108. The third kappa shape index (κ3) is 2.56. The standard InChI is InChI=1S/C15H20O3/c1-9-5-4-6-10(2)13(16)8-12-11(3)15(17)18-14(12)7-9/h6-7,12-14,16H,3-5,8H2,1-2H3/b9-7+,10-6+/t12-,13?,14+/m0/s1. The fourth-order valence-electron chi connectivity index (χ4n) is 2.51. The Kier molecular flexibility index (Phi) is 3.71. The highest BCUT2D eigenvalue weighted by atomic mass is 16.5. The zero-order valence-electron chi connectivity index (χ0n) is 11.0. The molecule has 1 fully saturated rings. The van der Waals surface area contributed by atoms with Gasteiger partial charge in [-0.25, -0.2) is 4.79 Å². The Morgan fingerprint density at radius 1 is 1.44 bits per heavy atom. The number of hydrogen-bond donors (Lipinski definition) is 1. The highest BCUT2D eigenvalue weighted by Gasteiger charge is 2.38. The summed E-state index contributed by atoms with van der Waals surface area (Å²) in [5.41, 5.74) is 2.67. The average molecular weight is 248 g/mol. The maximum atomic E-state index is 11.6. The topological polar surface area (TPSA) is 46.5 Å². The Balaban J connectivity index is 2.30. The fourth-order valence-corrected chi connectivity index (χ4v) is 2.51. The number of ether oxygens (including phenoxy) is 1. The van der Waals surface area contributed by atoms with E-state index >= 15 is 0 Å². The molecule has 3 atom stereocenters. The van der Waals surface area contributed by atoms with Crippen LogP contribution in [0.1, 0.15) is 33.1 Å². The Labute approximate surface area is 108 Å². The second kappa shape index (κ2) is 5.11. The van der Waals surface area contributed by atoms with E-state index in [-0.39, 0.29) is 18.0 Å². The number of aliphatic hydroxyl groups excluding tert-OH is 1. The zero-order valence-corrected chi connectivity index (χ0v) is 11.0. The van der Waals surface area contributed by atoms with Gasteiger partial charge in [-0.1, -0.05) is 18.2 Å². The van der Waals surface area contributed by atoms with Gasteiger partial charge in [0, 0.05) is 11.5 Å². The lowest BCUT2D eigenvalue weighted by molar-refractivity contribution is -0.137. The molecule has 0 aromatic heterocycles. The van der Waals surface area contributed by atoms with Crippen molar-refractivity contribution in [1.82, 2.24) is 0 Å². The number of hydrogen-bond acceptors (Lipinski definition) is 3. The number of fused-ring (bicyclic) bond motifs is 1. The lowest BCUT2D eigenvalue weighted by atomic mass is 9.87. The summed E-state index contributed by atoms with van der Waals surface area (Å²) in [5, 5.41) is 10.1. The first-order chi connectivity index (χ1) is 8.49. The van der Waals surface area contributed by atoms with E-state index in [0.29, 0.717) is 12.0 Å². The van der Waals surface area contributed by atoms with Crippen LogP contribution in [-0.2, 0) is 9.53 Å². The van der Waals surface area contributed by atoms with Crippen molar-refractivity contribution < 1.29 is 14.6 Å². The molecule has 1 unspecified atom stereocenters. The molecule has 0 aromatic carbocycles. The van der Waals surface area contributed by atoms with E-state index in [1.165, 1.54) is 5.57 Å². The first-order valence-corrected chi connectivity index (χ1v) is 6.41. The molecule has 1 N–H and O–H groups in total. The van der Waals surface area contributed by atoms with Gasteiger partial charge in [-0.15, -0.1) is 0 Å². The molecule has 18 heavy (non-hydrogen) atoms. The van der Waals surface area contributed by atoms with Crippen molar-refractivity contribution in [3.8, 4) is 0 Å². The molecule has 2 aliphatic rings. The maximum absolute atomic E-state index is 11.6. The van der Waals surface area contributed by atoms with Crippen LogP contribution in [0, 0.1) is 5.92 Å². The molecular weight excluding hydrogens is 228 g/mol. The van der Waals surface area contributed by atoms with Gasteiger partial charge in [-0.3, -0.25) is 0 Å². The normalized spacial score (nSPS) is 39.2. The summed E-state index contributed by atoms with van der Waals surface area (Å²) in [6.45, 7) is 7.78. The van der Waals surface area contributed by atoms with E-state index in [0.717, 1.165) is 18.4 Å². The van der Waals surface area contributed by atoms with Crippen LogP contribution in [0.3, 0.4) is 0 Å². The second-order valence-corrected chi connectivity index (χ2v) is 5.25. The zero-order chi connectivity index (χ0) is 13.3.